The minimum Gasteiger partial charge on any atom is -0.312 e. The smallest absolute Gasteiger partial charge is 0.238 e. The van der Waals surface area contributed by atoms with Gasteiger partial charge in [0.05, 0.1) is 10.8 Å². The molecule has 0 bridgehead atoms. The molecule has 1 atom stereocenters. The molecule has 0 aromatic heterocycles. The summed E-state index contributed by atoms with van der Waals surface area (Å²) < 4.78 is 22.2. The van der Waals surface area contributed by atoms with Crippen molar-refractivity contribution < 1.29 is 18.0 Å². The zero-order valence-corrected chi connectivity index (χ0v) is 11.3. The van der Waals surface area contributed by atoms with Crippen LogP contribution in [0.3, 0.4) is 0 Å². The van der Waals surface area contributed by atoms with E-state index in [0.717, 1.165) is 0 Å². The summed E-state index contributed by atoms with van der Waals surface area (Å²) in [6.45, 7) is 0.204. The molecule has 1 amide bonds. The highest BCUT2D eigenvalue weighted by Gasteiger charge is 2.34. The number of benzene rings is 1. The highest BCUT2D eigenvalue weighted by molar-refractivity contribution is 7.89. The highest BCUT2D eigenvalue weighted by atomic mass is 35.5. The van der Waals surface area contributed by atoms with Gasteiger partial charge in [-0.25, -0.2) is 13.6 Å². The van der Waals surface area contributed by atoms with Crippen LogP contribution in [0.25, 0.3) is 0 Å². The lowest BCUT2D eigenvalue weighted by molar-refractivity contribution is -0.120. The van der Waals surface area contributed by atoms with E-state index in [1.54, 1.807) is 0 Å². The average Bonchev–Trinajstić information content (AvgIpc) is 2.70. The highest BCUT2D eigenvalue weighted by Crippen LogP contribution is 2.27. The standard InChI is InChI=1S/C11H11ClN2O4S/c12-11(16)7-5-10(15)14(6-7)8-1-3-9(4-2-8)19(13,17)18/h1-4,7H,5-6H2,(H2,13,17,18)/t7-/m1/s1. The lowest BCUT2D eigenvalue weighted by Gasteiger charge is -2.16. The second-order valence-corrected chi connectivity index (χ2v) is 6.18. The van der Waals surface area contributed by atoms with E-state index in [1.165, 1.54) is 29.2 Å². The first-order valence-corrected chi connectivity index (χ1v) is 7.34. The fourth-order valence-electron chi connectivity index (χ4n) is 1.92. The number of nitrogens with two attached hydrogens (primary N) is 1. The number of hydrogen-bond donors (Lipinski definition) is 1. The first-order valence-electron chi connectivity index (χ1n) is 5.41. The van der Waals surface area contributed by atoms with Gasteiger partial charge in [0.2, 0.25) is 21.2 Å². The second-order valence-electron chi connectivity index (χ2n) is 4.25. The molecule has 6 nitrogen and oxygen atoms in total. The van der Waals surface area contributed by atoms with Gasteiger partial charge < -0.3 is 4.90 Å². The number of anilines is 1. The Morgan fingerprint density at radius 1 is 1.32 bits per heavy atom. The molecule has 8 heteroatoms. The zero-order chi connectivity index (χ0) is 14.2. The third-order valence-electron chi connectivity index (χ3n) is 2.92. The molecule has 2 rings (SSSR count). The Hall–Kier alpha value is -1.44. The number of carbonyl (C=O) groups excluding carboxylic acids is 2. The second kappa shape index (κ2) is 4.92. The summed E-state index contributed by atoms with van der Waals surface area (Å²) >= 11 is 5.37. The van der Waals surface area contributed by atoms with Crippen LogP contribution >= 0.6 is 11.6 Å². The summed E-state index contributed by atoms with van der Waals surface area (Å²) in [7, 11) is -3.76. The van der Waals surface area contributed by atoms with Gasteiger partial charge in [0, 0.05) is 18.7 Å². The van der Waals surface area contributed by atoms with Crippen LogP contribution in [0.15, 0.2) is 29.2 Å². The molecular weight excluding hydrogens is 292 g/mol. The van der Waals surface area contributed by atoms with Gasteiger partial charge in [0.15, 0.2) is 0 Å². The maximum atomic E-state index is 11.7. The van der Waals surface area contributed by atoms with E-state index in [9.17, 15) is 18.0 Å². The number of sulfonamides is 1. The minimum absolute atomic E-state index is 0.0344. The van der Waals surface area contributed by atoms with Crippen molar-refractivity contribution in [3.8, 4) is 0 Å². The monoisotopic (exact) mass is 302 g/mol. The van der Waals surface area contributed by atoms with Crippen molar-refractivity contribution in [1.29, 1.82) is 0 Å². The van der Waals surface area contributed by atoms with Gasteiger partial charge in [-0.2, -0.15) is 0 Å². The Kier molecular flexibility index (Phi) is 3.62. The summed E-state index contributed by atoms with van der Waals surface area (Å²) in [6.07, 6.45) is 0.0687. The van der Waals surface area contributed by atoms with Gasteiger partial charge >= 0.3 is 0 Å². The van der Waals surface area contributed by atoms with Crippen LogP contribution in [0, 0.1) is 5.92 Å². The van der Waals surface area contributed by atoms with Crippen LogP contribution in [-0.2, 0) is 19.6 Å². The van der Waals surface area contributed by atoms with Crippen LogP contribution in [0.1, 0.15) is 6.42 Å². The van der Waals surface area contributed by atoms with Crippen molar-refractivity contribution in [2.24, 2.45) is 11.1 Å². The molecule has 0 spiro atoms. The summed E-state index contributed by atoms with van der Waals surface area (Å²) in [5.74, 6) is -0.741. The Morgan fingerprint density at radius 2 is 1.89 bits per heavy atom. The summed E-state index contributed by atoms with van der Waals surface area (Å²) in [6, 6.07) is 5.57. The fraction of sp³-hybridized carbons (Fsp3) is 0.273. The number of rotatable bonds is 3. The number of amides is 1. The Balaban J connectivity index is 2.24. The number of halogens is 1. The lowest BCUT2D eigenvalue weighted by atomic mass is 10.1. The molecular formula is C11H11ClN2O4S. The zero-order valence-electron chi connectivity index (χ0n) is 9.74. The van der Waals surface area contributed by atoms with Crippen molar-refractivity contribution in [3.63, 3.8) is 0 Å². The van der Waals surface area contributed by atoms with Gasteiger partial charge in [-0.15, -0.1) is 0 Å². The molecule has 102 valence electrons. The van der Waals surface area contributed by atoms with Crippen LogP contribution in [-0.4, -0.2) is 26.1 Å². The molecule has 1 aromatic carbocycles. The Labute approximate surface area is 115 Å². The van der Waals surface area contributed by atoms with Crippen LogP contribution in [0.2, 0.25) is 0 Å². The van der Waals surface area contributed by atoms with E-state index < -0.39 is 21.2 Å². The molecule has 1 saturated heterocycles. The molecule has 1 aromatic rings. The molecule has 1 fully saturated rings. The quantitative estimate of drug-likeness (QED) is 0.820. The lowest BCUT2D eigenvalue weighted by Crippen LogP contribution is -2.25. The Morgan fingerprint density at radius 3 is 2.32 bits per heavy atom. The third-order valence-corrected chi connectivity index (χ3v) is 4.16. The van der Waals surface area contributed by atoms with Gasteiger partial charge in [0.1, 0.15) is 0 Å². The molecule has 19 heavy (non-hydrogen) atoms. The molecule has 0 radical (unpaired) electrons. The molecule has 1 aliphatic rings. The topological polar surface area (TPSA) is 97.5 Å². The summed E-state index contributed by atoms with van der Waals surface area (Å²) in [5, 5.41) is 4.43. The van der Waals surface area contributed by atoms with Crippen LogP contribution in [0.4, 0.5) is 5.69 Å². The predicted octanol–water partition coefficient (Wildman–Crippen LogP) is 0.452. The molecule has 2 N–H and O–H groups in total. The largest absolute Gasteiger partial charge is 0.312 e. The first-order chi connectivity index (χ1) is 8.79. The van der Waals surface area contributed by atoms with E-state index in [1.807, 2.05) is 0 Å². The number of nitrogens with zero attached hydrogens (tertiary/aromatic N) is 1. The van der Waals surface area contributed by atoms with E-state index in [4.69, 9.17) is 16.7 Å². The van der Waals surface area contributed by atoms with E-state index in [2.05, 4.69) is 0 Å². The fourth-order valence-corrected chi connectivity index (χ4v) is 2.59. The molecule has 1 aliphatic heterocycles. The SMILES string of the molecule is NS(=O)(=O)c1ccc(N2C[C@H](C(=O)Cl)CC2=O)cc1. The molecule has 1 heterocycles. The third kappa shape index (κ3) is 2.94. The van der Waals surface area contributed by atoms with E-state index in [-0.39, 0.29) is 23.8 Å². The van der Waals surface area contributed by atoms with Crippen LogP contribution in [0.5, 0.6) is 0 Å². The maximum Gasteiger partial charge on any atom is 0.238 e. The maximum absolute atomic E-state index is 11.7. The summed E-state index contributed by atoms with van der Waals surface area (Å²) in [5.41, 5.74) is 0.512. The van der Waals surface area contributed by atoms with Crippen molar-refractivity contribution in [2.75, 3.05) is 11.4 Å². The minimum atomic E-state index is -3.76. The Bertz CT molecular complexity index is 627. The van der Waals surface area contributed by atoms with E-state index in [0.29, 0.717) is 5.69 Å². The molecule has 0 saturated carbocycles. The average molecular weight is 303 g/mol. The van der Waals surface area contributed by atoms with Gasteiger partial charge in [0.25, 0.3) is 0 Å². The predicted molar refractivity (Wildman–Crippen MR) is 69.1 cm³/mol. The van der Waals surface area contributed by atoms with Gasteiger partial charge in [-0.3, -0.25) is 9.59 Å². The summed E-state index contributed by atoms with van der Waals surface area (Å²) in [4.78, 5) is 24.2. The van der Waals surface area contributed by atoms with Crippen LogP contribution < -0.4 is 10.0 Å². The van der Waals surface area contributed by atoms with Crippen molar-refractivity contribution in [2.45, 2.75) is 11.3 Å². The number of primary sulfonamides is 1. The molecule has 0 unspecified atom stereocenters. The van der Waals surface area contributed by atoms with Crippen molar-refractivity contribution >= 4 is 38.5 Å². The molecule has 0 aliphatic carbocycles. The van der Waals surface area contributed by atoms with E-state index >= 15 is 0 Å². The number of hydrogen-bond acceptors (Lipinski definition) is 4. The van der Waals surface area contributed by atoms with Gasteiger partial charge in [-0.05, 0) is 35.9 Å². The normalized spacial score (nSPS) is 19.8. The first kappa shape index (κ1) is 14.0. The number of carbonyl (C=O) groups is 2. The van der Waals surface area contributed by atoms with Crippen molar-refractivity contribution in [1.82, 2.24) is 0 Å². The van der Waals surface area contributed by atoms with Gasteiger partial charge in [-0.1, -0.05) is 0 Å². The van der Waals surface area contributed by atoms with Crippen molar-refractivity contribution in [3.05, 3.63) is 24.3 Å².